The van der Waals surface area contributed by atoms with Gasteiger partial charge in [0.05, 0.1) is 12.6 Å². The highest BCUT2D eigenvalue weighted by molar-refractivity contribution is 5.21. The minimum Gasteiger partial charge on any atom is -0.381 e. The van der Waals surface area contributed by atoms with Crippen molar-refractivity contribution in [1.29, 1.82) is 0 Å². The van der Waals surface area contributed by atoms with E-state index < -0.39 is 17.7 Å². The summed E-state index contributed by atoms with van der Waals surface area (Å²) >= 11 is 0. The molecule has 19 heavy (non-hydrogen) atoms. The summed E-state index contributed by atoms with van der Waals surface area (Å²) in [5.41, 5.74) is 6.13. The summed E-state index contributed by atoms with van der Waals surface area (Å²) in [6.07, 6.45) is 1.97. The first-order valence-electron chi connectivity index (χ1n) is 6.53. The Morgan fingerprint density at radius 2 is 2.05 bits per heavy atom. The molecule has 1 aromatic rings. The number of halogens is 2. The van der Waals surface area contributed by atoms with Crippen LogP contribution in [0.3, 0.4) is 0 Å². The summed E-state index contributed by atoms with van der Waals surface area (Å²) in [4.78, 5) is 0. The second-order valence-electron chi connectivity index (χ2n) is 4.87. The molecule has 0 saturated carbocycles. The van der Waals surface area contributed by atoms with Crippen LogP contribution in [0.2, 0.25) is 0 Å². The fourth-order valence-corrected chi connectivity index (χ4v) is 2.17. The zero-order valence-corrected chi connectivity index (χ0v) is 10.8. The molecule has 0 bridgehead atoms. The van der Waals surface area contributed by atoms with Gasteiger partial charge in [-0.2, -0.15) is 0 Å². The molecule has 1 aliphatic heterocycles. The second-order valence-corrected chi connectivity index (χ2v) is 4.87. The van der Waals surface area contributed by atoms with Crippen molar-refractivity contribution in [2.45, 2.75) is 18.9 Å². The van der Waals surface area contributed by atoms with Crippen molar-refractivity contribution in [2.75, 3.05) is 26.4 Å². The van der Waals surface area contributed by atoms with Gasteiger partial charge in [0.1, 0.15) is 11.6 Å². The van der Waals surface area contributed by atoms with E-state index in [1.54, 1.807) is 0 Å². The first-order valence-corrected chi connectivity index (χ1v) is 6.53. The van der Waals surface area contributed by atoms with Gasteiger partial charge in [0, 0.05) is 31.5 Å². The maximum atomic E-state index is 13.5. The van der Waals surface area contributed by atoms with Crippen LogP contribution in [0.5, 0.6) is 0 Å². The molecule has 106 valence electrons. The van der Waals surface area contributed by atoms with Gasteiger partial charge in [0.25, 0.3) is 0 Å². The Labute approximate surface area is 111 Å². The summed E-state index contributed by atoms with van der Waals surface area (Å²) in [5, 5.41) is 0. The molecule has 2 N–H and O–H groups in total. The van der Waals surface area contributed by atoms with E-state index in [0.29, 0.717) is 12.5 Å². The molecule has 0 spiro atoms. The van der Waals surface area contributed by atoms with E-state index in [4.69, 9.17) is 15.2 Å². The lowest BCUT2D eigenvalue weighted by atomic mass is 10.0. The smallest absolute Gasteiger partial charge is 0.130 e. The fourth-order valence-electron chi connectivity index (χ4n) is 2.17. The largest absolute Gasteiger partial charge is 0.381 e. The lowest BCUT2D eigenvalue weighted by Crippen LogP contribution is -2.24. The van der Waals surface area contributed by atoms with E-state index in [1.165, 1.54) is 12.1 Å². The Morgan fingerprint density at radius 3 is 2.74 bits per heavy atom. The minimum atomic E-state index is -0.623. The summed E-state index contributed by atoms with van der Waals surface area (Å²) in [6, 6.07) is 2.85. The number of rotatable bonds is 5. The summed E-state index contributed by atoms with van der Waals surface area (Å²) in [7, 11) is 0. The van der Waals surface area contributed by atoms with E-state index in [2.05, 4.69) is 0 Å². The monoisotopic (exact) mass is 271 g/mol. The molecule has 5 heteroatoms. The van der Waals surface area contributed by atoms with Crippen molar-refractivity contribution in [2.24, 2.45) is 11.7 Å². The Balaban J connectivity index is 1.78. The van der Waals surface area contributed by atoms with Gasteiger partial charge in [0.2, 0.25) is 0 Å². The van der Waals surface area contributed by atoms with Crippen molar-refractivity contribution in [1.82, 2.24) is 0 Å². The number of ether oxygens (including phenoxy) is 2. The van der Waals surface area contributed by atoms with Crippen molar-refractivity contribution < 1.29 is 18.3 Å². The Hall–Kier alpha value is -1.04. The van der Waals surface area contributed by atoms with Gasteiger partial charge < -0.3 is 15.2 Å². The Bertz CT molecular complexity index is 408. The molecule has 1 heterocycles. The van der Waals surface area contributed by atoms with Crippen LogP contribution >= 0.6 is 0 Å². The molecular weight excluding hydrogens is 252 g/mol. The van der Waals surface area contributed by atoms with Crippen LogP contribution in [0.1, 0.15) is 24.4 Å². The third-order valence-corrected chi connectivity index (χ3v) is 3.35. The molecule has 1 atom stereocenters. The van der Waals surface area contributed by atoms with Gasteiger partial charge in [-0.15, -0.1) is 0 Å². The molecular formula is C14H19F2NO2. The van der Waals surface area contributed by atoms with Crippen LogP contribution in [0.4, 0.5) is 8.78 Å². The molecule has 1 unspecified atom stereocenters. The van der Waals surface area contributed by atoms with Crippen LogP contribution in [-0.4, -0.2) is 26.4 Å². The van der Waals surface area contributed by atoms with Crippen LogP contribution in [0, 0.1) is 17.6 Å². The SMILES string of the molecule is NC(COCC1CCOCC1)c1ccc(F)cc1F. The highest BCUT2D eigenvalue weighted by atomic mass is 19.1. The average Bonchev–Trinajstić information content (AvgIpc) is 2.39. The van der Waals surface area contributed by atoms with E-state index in [9.17, 15) is 8.78 Å². The van der Waals surface area contributed by atoms with E-state index >= 15 is 0 Å². The molecule has 3 nitrogen and oxygen atoms in total. The summed E-state index contributed by atoms with van der Waals surface area (Å²) in [6.45, 7) is 2.39. The first-order chi connectivity index (χ1) is 9.16. The van der Waals surface area contributed by atoms with Gasteiger partial charge in [-0.1, -0.05) is 6.07 Å². The van der Waals surface area contributed by atoms with Crippen molar-refractivity contribution >= 4 is 0 Å². The van der Waals surface area contributed by atoms with Crippen LogP contribution in [-0.2, 0) is 9.47 Å². The normalized spacial score (nSPS) is 18.5. The van der Waals surface area contributed by atoms with Gasteiger partial charge in [-0.25, -0.2) is 8.78 Å². The number of nitrogens with two attached hydrogens (primary N) is 1. The van der Waals surface area contributed by atoms with Gasteiger partial charge in [-0.3, -0.25) is 0 Å². The van der Waals surface area contributed by atoms with Gasteiger partial charge in [-0.05, 0) is 24.8 Å². The van der Waals surface area contributed by atoms with Crippen LogP contribution < -0.4 is 5.73 Å². The lowest BCUT2D eigenvalue weighted by molar-refractivity contribution is 0.0172. The molecule has 0 aromatic heterocycles. The van der Waals surface area contributed by atoms with Crippen molar-refractivity contribution in [3.63, 3.8) is 0 Å². The Kier molecular flexibility index (Phi) is 5.24. The fraction of sp³-hybridized carbons (Fsp3) is 0.571. The van der Waals surface area contributed by atoms with E-state index in [1.807, 2.05) is 0 Å². The van der Waals surface area contributed by atoms with Crippen LogP contribution in [0.15, 0.2) is 18.2 Å². The zero-order valence-electron chi connectivity index (χ0n) is 10.8. The quantitative estimate of drug-likeness (QED) is 0.894. The second kappa shape index (κ2) is 6.93. The summed E-state index contributed by atoms with van der Waals surface area (Å²) in [5.74, 6) is -0.738. The topological polar surface area (TPSA) is 44.5 Å². The van der Waals surface area contributed by atoms with Crippen molar-refractivity contribution in [3.05, 3.63) is 35.4 Å². The van der Waals surface area contributed by atoms with E-state index in [0.717, 1.165) is 32.1 Å². The first kappa shape index (κ1) is 14.4. The number of benzene rings is 1. The average molecular weight is 271 g/mol. The Morgan fingerprint density at radius 1 is 1.32 bits per heavy atom. The third-order valence-electron chi connectivity index (χ3n) is 3.35. The molecule has 1 aromatic carbocycles. The maximum absolute atomic E-state index is 13.5. The molecule has 0 aliphatic carbocycles. The molecule has 1 fully saturated rings. The van der Waals surface area contributed by atoms with Crippen LogP contribution in [0.25, 0.3) is 0 Å². The predicted octanol–water partition coefficient (Wildman–Crippen LogP) is 2.41. The molecule has 2 rings (SSSR count). The molecule has 1 saturated heterocycles. The van der Waals surface area contributed by atoms with E-state index in [-0.39, 0.29) is 12.2 Å². The molecule has 0 radical (unpaired) electrons. The maximum Gasteiger partial charge on any atom is 0.130 e. The predicted molar refractivity (Wildman–Crippen MR) is 67.6 cm³/mol. The highest BCUT2D eigenvalue weighted by Crippen LogP contribution is 2.18. The lowest BCUT2D eigenvalue weighted by Gasteiger charge is -2.22. The number of hydrogen-bond donors (Lipinski definition) is 1. The zero-order chi connectivity index (χ0) is 13.7. The minimum absolute atomic E-state index is 0.236. The van der Waals surface area contributed by atoms with Gasteiger partial charge >= 0.3 is 0 Å². The summed E-state index contributed by atoms with van der Waals surface area (Å²) < 4.78 is 37.1. The molecule has 1 aliphatic rings. The standard InChI is InChI=1S/C14H19F2NO2/c15-11-1-2-12(13(16)7-11)14(17)9-19-8-10-3-5-18-6-4-10/h1-2,7,10,14H,3-6,8-9,17H2. The van der Waals surface area contributed by atoms with Crippen molar-refractivity contribution in [3.8, 4) is 0 Å². The van der Waals surface area contributed by atoms with Gasteiger partial charge in [0.15, 0.2) is 0 Å². The third kappa shape index (κ3) is 4.23. The molecule has 0 amide bonds. The highest BCUT2D eigenvalue weighted by Gasteiger charge is 2.16. The number of hydrogen-bond acceptors (Lipinski definition) is 3.